The van der Waals surface area contributed by atoms with Crippen molar-refractivity contribution in [1.82, 2.24) is 20.3 Å². The molecule has 0 amide bonds. The Bertz CT molecular complexity index is 1620. The fourth-order valence-corrected chi connectivity index (χ4v) is 7.20. The number of sulfonamides is 1. The maximum Gasteiger partial charge on any atom is 0.235 e. The first-order valence-electron chi connectivity index (χ1n) is 14.0. The van der Waals surface area contributed by atoms with Gasteiger partial charge < -0.3 is 15.4 Å². The van der Waals surface area contributed by atoms with Crippen LogP contribution in [-0.2, 0) is 10.0 Å². The number of benzene rings is 2. The van der Waals surface area contributed by atoms with Gasteiger partial charge in [-0.2, -0.15) is 0 Å². The summed E-state index contributed by atoms with van der Waals surface area (Å²) in [6, 6.07) is 15.4. The number of hydrogen-bond acceptors (Lipinski definition) is 8. The molecule has 1 saturated carbocycles. The number of aryl methyl sites for hydroxylation is 1. The van der Waals surface area contributed by atoms with Gasteiger partial charge in [-0.15, -0.1) is 12.4 Å². The highest BCUT2D eigenvalue weighted by Crippen LogP contribution is 2.39. The van der Waals surface area contributed by atoms with Crippen molar-refractivity contribution in [2.75, 3.05) is 23.1 Å². The molecule has 0 radical (unpaired) electrons. The van der Waals surface area contributed by atoms with Crippen molar-refractivity contribution in [3.05, 3.63) is 66.5 Å². The summed E-state index contributed by atoms with van der Waals surface area (Å²) in [5, 5.41) is 8.07. The predicted molar refractivity (Wildman–Crippen MR) is 166 cm³/mol. The molecule has 3 heterocycles. The SMILES string of the molecule is Cc1ccc2c(NS(=O)(=O)C3CCCC3)cccc2c1Oc1ncccc1-c1ccnc(N[C@H]2CCCNC2)n1.Cl. The third-order valence-electron chi connectivity index (χ3n) is 7.73. The Hall–Kier alpha value is -3.47. The molecule has 0 spiro atoms. The standard InChI is InChI=1S/C30H34N6O3S.ClH/c1-20-13-14-23-24(10-4-12-27(23)36-40(37,38)22-8-2-3-9-22)28(20)39-29-25(11-6-17-32-29)26-15-18-33-30(35-26)34-21-7-5-16-31-19-21;/h4,6,10-15,17-18,21-22,31,36H,2-3,5,7-9,16,19H2,1H3,(H,33,34,35);1H/t21-;/m0./s1. The molecule has 41 heavy (non-hydrogen) atoms. The largest absolute Gasteiger partial charge is 0.437 e. The Morgan fingerprint density at radius 3 is 2.59 bits per heavy atom. The number of piperidine rings is 1. The van der Waals surface area contributed by atoms with Crippen LogP contribution in [0.2, 0.25) is 0 Å². The zero-order valence-corrected chi connectivity index (χ0v) is 24.6. The van der Waals surface area contributed by atoms with E-state index < -0.39 is 10.0 Å². The van der Waals surface area contributed by atoms with Gasteiger partial charge in [0.05, 0.1) is 22.2 Å². The van der Waals surface area contributed by atoms with Gasteiger partial charge in [0.25, 0.3) is 0 Å². The number of nitrogens with one attached hydrogen (secondary N) is 3. The average molecular weight is 595 g/mol. The minimum absolute atomic E-state index is 0. The van der Waals surface area contributed by atoms with Gasteiger partial charge in [0.2, 0.25) is 21.9 Å². The van der Waals surface area contributed by atoms with E-state index in [0.717, 1.165) is 60.7 Å². The van der Waals surface area contributed by atoms with Gasteiger partial charge in [0.15, 0.2) is 0 Å². The van der Waals surface area contributed by atoms with Gasteiger partial charge in [-0.05, 0) is 69.0 Å². The van der Waals surface area contributed by atoms with E-state index in [1.165, 1.54) is 0 Å². The van der Waals surface area contributed by atoms with Crippen LogP contribution in [0.5, 0.6) is 11.6 Å². The van der Waals surface area contributed by atoms with Crippen LogP contribution in [-0.4, -0.2) is 47.8 Å². The zero-order chi connectivity index (χ0) is 27.5. The molecule has 6 rings (SSSR count). The molecule has 3 N–H and O–H groups in total. The molecule has 2 aromatic carbocycles. The van der Waals surface area contributed by atoms with Gasteiger partial charge in [-0.3, -0.25) is 4.72 Å². The molecule has 2 aromatic heterocycles. The van der Waals surface area contributed by atoms with Crippen molar-refractivity contribution in [3.63, 3.8) is 0 Å². The number of anilines is 2. The van der Waals surface area contributed by atoms with Crippen molar-refractivity contribution in [1.29, 1.82) is 0 Å². The van der Waals surface area contributed by atoms with E-state index in [9.17, 15) is 8.42 Å². The molecule has 0 bridgehead atoms. The summed E-state index contributed by atoms with van der Waals surface area (Å²) in [7, 11) is -3.47. The lowest BCUT2D eigenvalue weighted by Gasteiger charge is -2.23. The first-order chi connectivity index (χ1) is 19.5. The normalized spacial score (nSPS) is 17.6. The van der Waals surface area contributed by atoms with Gasteiger partial charge >= 0.3 is 0 Å². The second-order valence-electron chi connectivity index (χ2n) is 10.6. The van der Waals surface area contributed by atoms with Crippen LogP contribution in [0.4, 0.5) is 11.6 Å². The van der Waals surface area contributed by atoms with Crippen LogP contribution < -0.4 is 20.1 Å². The van der Waals surface area contributed by atoms with E-state index in [1.807, 2.05) is 49.4 Å². The molecule has 0 unspecified atom stereocenters. The van der Waals surface area contributed by atoms with Crippen LogP contribution >= 0.6 is 12.4 Å². The molecule has 1 saturated heterocycles. The van der Waals surface area contributed by atoms with Crippen molar-refractivity contribution < 1.29 is 13.2 Å². The highest BCUT2D eigenvalue weighted by atomic mass is 35.5. The van der Waals surface area contributed by atoms with Gasteiger partial charge in [0.1, 0.15) is 5.75 Å². The Balaban J connectivity index is 0.00000337. The molecule has 1 aliphatic carbocycles. The van der Waals surface area contributed by atoms with Crippen molar-refractivity contribution in [2.24, 2.45) is 0 Å². The Labute approximate surface area is 247 Å². The minimum atomic E-state index is -3.47. The summed E-state index contributed by atoms with van der Waals surface area (Å²) in [4.78, 5) is 13.8. The molecule has 9 nitrogen and oxygen atoms in total. The van der Waals surface area contributed by atoms with Crippen molar-refractivity contribution >= 4 is 44.8 Å². The van der Waals surface area contributed by atoms with E-state index in [0.29, 0.717) is 41.8 Å². The molecule has 2 aliphatic rings. The molecule has 1 aliphatic heterocycles. The summed E-state index contributed by atoms with van der Waals surface area (Å²) in [5.41, 5.74) is 2.91. The number of fused-ring (bicyclic) bond motifs is 1. The minimum Gasteiger partial charge on any atom is -0.437 e. The topological polar surface area (TPSA) is 118 Å². The van der Waals surface area contributed by atoms with E-state index >= 15 is 0 Å². The quantitative estimate of drug-likeness (QED) is 0.225. The first kappa shape index (κ1) is 29.0. The number of aromatic nitrogens is 3. The van der Waals surface area contributed by atoms with Crippen LogP contribution in [0, 0.1) is 6.92 Å². The fourth-order valence-electron chi connectivity index (χ4n) is 5.60. The van der Waals surface area contributed by atoms with E-state index in [1.54, 1.807) is 18.5 Å². The van der Waals surface area contributed by atoms with Crippen molar-refractivity contribution in [2.45, 2.75) is 56.7 Å². The van der Waals surface area contributed by atoms with Crippen molar-refractivity contribution in [3.8, 4) is 22.9 Å². The molecule has 1 atom stereocenters. The summed E-state index contributed by atoms with van der Waals surface area (Å²) in [6.45, 7) is 3.89. The number of halogens is 1. The molecular weight excluding hydrogens is 560 g/mol. The lowest BCUT2D eigenvalue weighted by Crippen LogP contribution is -2.38. The number of nitrogens with zero attached hydrogens (tertiary/aromatic N) is 3. The monoisotopic (exact) mass is 594 g/mol. The summed E-state index contributed by atoms with van der Waals surface area (Å²) >= 11 is 0. The summed E-state index contributed by atoms with van der Waals surface area (Å²) < 4.78 is 35.5. The lowest BCUT2D eigenvalue weighted by molar-refractivity contribution is 0.466. The molecule has 2 fully saturated rings. The van der Waals surface area contributed by atoms with E-state index in [4.69, 9.17) is 9.72 Å². The second kappa shape index (κ2) is 12.6. The molecule has 4 aromatic rings. The Morgan fingerprint density at radius 1 is 0.927 bits per heavy atom. The summed E-state index contributed by atoms with van der Waals surface area (Å²) in [5.74, 6) is 1.61. The van der Waals surface area contributed by atoms with E-state index in [-0.39, 0.29) is 23.7 Å². The van der Waals surface area contributed by atoms with Gasteiger partial charge in [0, 0.05) is 35.8 Å². The highest BCUT2D eigenvalue weighted by molar-refractivity contribution is 7.93. The lowest BCUT2D eigenvalue weighted by atomic mass is 10.0. The second-order valence-corrected chi connectivity index (χ2v) is 12.5. The van der Waals surface area contributed by atoms with E-state index in [2.05, 4.69) is 25.3 Å². The maximum absolute atomic E-state index is 13.1. The smallest absolute Gasteiger partial charge is 0.235 e. The number of rotatable bonds is 8. The summed E-state index contributed by atoms with van der Waals surface area (Å²) in [6.07, 6.45) is 8.92. The van der Waals surface area contributed by atoms with Crippen LogP contribution in [0.3, 0.4) is 0 Å². The fraction of sp³-hybridized carbons (Fsp3) is 0.367. The van der Waals surface area contributed by atoms with Crippen LogP contribution in [0.15, 0.2) is 60.9 Å². The maximum atomic E-state index is 13.1. The number of hydrogen-bond donors (Lipinski definition) is 3. The van der Waals surface area contributed by atoms with Gasteiger partial charge in [-0.1, -0.05) is 37.1 Å². The zero-order valence-electron chi connectivity index (χ0n) is 23.0. The Kier molecular flexibility index (Phi) is 8.91. The predicted octanol–water partition coefficient (Wildman–Crippen LogP) is 6.06. The van der Waals surface area contributed by atoms with Crippen LogP contribution in [0.25, 0.3) is 22.0 Å². The van der Waals surface area contributed by atoms with Crippen LogP contribution in [0.1, 0.15) is 44.1 Å². The number of pyridine rings is 1. The molecule has 216 valence electrons. The number of ether oxygens (including phenoxy) is 1. The third kappa shape index (κ3) is 6.39. The first-order valence-corrected chi connectivity index (χ1v) is 15.5. The Morgan fingerprint density at radius 2 is 1.78 bits per heavy atom. The molecular formula is C30H35ClN6O3S. The highest BCUT2D eigenvalue weighted by Gasteiger charge is 2.29. The molecule has 11 heteroatoms. The van der Waals surface area contributed by atoms with Gasteiger partial charge in [-0.25, -0.2) is 23.4 Å². The average Bonchev–Trinajstić information content (AvgIpc) is 3.52. The third-order valence-corrected chi connectivity index (χ3v) is 9.59.